The molecule has 15 aromatic rings. The Labute approximate surface area is 444 Å². The minimum atomic E-state index is 0.569. The van der Waals surface area contributed by atoms with Crippen molar-refractivity contribution in [1.29, 1.82) is 5.26 Å². The Morgan fingerprint density at radius 1 is 0.273 bits per heavy atom. The van der Waals surface area contributed by atoms with Crippen molar-refractivity contribution < 1.29 is 0 Å². The zero-order valence-electron chi connectivity index (χ0n) is 41.7. The number of para-hydroxylation sites is 1. The van der Waals surface area contributed by atoms with Crippen molar-refractivity contribution in [3.8, 4) is 78.8 Å². The van der Waals surface area contributed by atoms with E-state index in [1.807, 2.05) is 12.4 Å². The van der Waals surface area contributed by atoms with Gasteiger partial charge in [0, 0.05) is 44.2 Å². The molecule has 0 fully saturated rings. The van der Waals surface area contributed by atoms with Crippen LogP contribution in [0.1, 0.15) is 5.56 Å². The van der Waals surface area contributed by atoms with E-state index in [4.69, 9.17) is 0 Å². The molecule has 11 aromatic carbocycles. The first-order chi connectivity index (χ1) is 38.1. The molecule has 0 saturated carbocycles. The quantitative estimate of drug-likeness (QED) is 0.152. The lowest BCUT2D eigenvalue weighted by Gasteiger charge is -2.19. The fraction of sp³-hybridized carbons (Fsp3) is 0. The van der Waals surface area contributed by atoms with E-state index >= 15 is 0 Å². The van der Waals surface area contributed by atoms with Gasteiger partial charge in [0.25, 0.3) is 0 Å². The second-order valence-corrected chi connectivity index (χ2v) is 19.9. The number of nitrogens with zero attached hydrogens (tertiary/aromatic N) is 5. The molecule has 4 aromatic heterocycles. The summed E-state index contributed by atoms with van der Waals surface area (Å²) in [6, 6.07) is 96.2. The molecule has 77 heavy (non-hydrogen) atoms. The van der Waals surface area contributed by atoms with E-state index in [1.165, 1.54) is 5.39 Å². The van der Waals surface area contributed by atoms with Gasteiger partial charge in [-0.1, -0.05) is 176 Å². The van der Waals surface area contributed by atoms with E-state index in [0.29, 0.717) is 5.56 Å². The van der Waals surface area contributed by atoms with Crippen LogP contribution in [0.15, 0.2) is 273 Å². The number of fused-ring (bicyclic) bond motifs is 9. The molecule has 0 atom stereocenters. The number of nitriles is 1. The van der Waals surface area contributed by atoms with Gasteiger partial charge in [-0.3, -0.25) is 4.98 Å². The van der Waals surface area contributed by atoms with Gasteiger partial charge < -0.3 is 13.7 Å². The van der Waals surface area contributed by atoms with Gasteiger partial charge in [0.05, 0.1) is 50.7 Å². The maximum absolute atomic E-state index is 11.9. The van der Waals surface area contributed by atoms with Gasteiger partial charge >= 0.3 is 0 Å². The molecule has 0 N–H and O–H groups in total. The van der Waals surface area contributed by atoms with Crippen molar-refractivity contribution >= 4 is 65.4 Å². The number of hydrogen-bond acceptors (Lipinski definition) is 2. The van der Waals surface area contributed by atoms with Crippen molar-refractivity contribution in [1.82, 2.24) is 18.7 Å². The Bertz CT molecular complexity index is 4360. The number of hydrogen-bond donors (Lipinski definition) is 0. The summed E-state index contributed by atoms with van der Waals surface area (Å²) in [5.41, 5.74) is 20.6. The average molecular weight is 980 g/mol. The second kappa shape index (κ2) is 17.8. The maximum Gasteiger partial charge on any atom is 0.104 e. The molecule has 5 heteroatoms. The summed E-state index contributed by atoms with van der Waals surface area (Å²) in [4.78, 5) is 4.56. The van der Waals surface area contributed by atoms with Crippen LogP contribution in [0.25, 0.3) is 138 Å². The number of pyridine rings is 1. The van der Waals surface area contributed by atoms with Gasteiger partial charge in [-0.25, -0.2) is 0 Å². The monoisotopic (exact) mass is 979 g/mol. The first-order valence-corrected chi connectivity index (χ1v) is 26.1. The molecule has 358 valence electrons. The summed E-state index contributed by atoms with van der Waals surface area (Å²) >= 11 is 0. The average Bonchev–Trinajstić information content (AvgIpc) is 4.36. The molecule has 0 radical (unpaired) electrons. The first kappa shape index (κ1) is 44.0. The lowest BCUT2D eigenvalue weighted by atomic mass is 9.99. The highest BCUT2D eigenvalue weighted by Crippen LogP contribution is 2.44. The standard InChI is InChI=1S/C72H45N5/c73-45-64-70(76-66-33-27-52(47-15-5-1-6-16-47)39-60(66)61-40-53(28-34-67(61)76)48-17-7-2-8-18-48)43-56(51-25-31-57(32-26-51)75-65-24-14-13-23-58(65)59-37-38-74-46-72(59)75)44-71(64)77-68-35-29-54(49-19-9-3-10-20-49)41-62(68)63-42-55(30-36-69(63)77)50-21-11-4-12-22-50/h1-44,46H. The van der Waals surface area contributed by atoms with Gasteiger partial charge in [-0.2, -0.15) is 5.26 Å². The Kier molecular flexibility index (Phi) is 10.2. The molecule has 0 spiro atoms. The third-order valence-electron chi connectivity index (χ3n) is 15.6. The SMILES string of the molecule is N#Cc1c(-n2c3ccc(-c4ccccc4)cc3c3cc(-c4ccccc4)ccc32)cc(-c2ccc(-n3c4ccccc4c4ccncc43)cc2)cc1-n1c2ccc(-c3ccccc3)cc2c2cc(-c3ccccc3)ccc21. The lowest BCUT2D eigenvalue weighted by molar-refractivity contribution is 1.12. The number of benzene rings is 11. The second-order valence-electron chi connectivity index (χ2n) is 19.9. The van der Waals surface area contributed by atoms with E-state index in [9.17, 15) is 5.26 Å². The first-order valence-electron chi connectivity index (χ1n) is 26.1. The molecule has 5 nitrogen and oxygen atoms in total. The van der Waals surface area contributed by atoms with Crippen LogP contribution in [0, 0.1) is 11.3 Å². The molecular formula is C72H45N5. The van der Waals surface area contributed by atoms with Crippen LogP contribution in [-0.4, -0.2) is 18.7 Å². The Balaban J connectivity index is 1.02. The Hall–Kier alpha value is -10.5. The minimum Gasteiger partial charge on any atom is -0.308 e. The predicted octanol–water partition coefficient (Wildman–Crippen LogP) is 18.6. The summed E-state index contributed by atoms with van der Waals surface area (Å²) in [5.74, 6) is 0. The zero-order chi connectivity index (χ0) is 51.0. The van der Waals surface area contributed by atoms with E-state index in [1.54, 1.807) is 0 Å². The fourth-order valence-electron chi connectivity index (χ4n) is 12.0. The number of rotatable bonds is 8. The molecular weight excluding hydrogens is 935 g/mol. The van der Waals surface area contributed by atoms with Crippen molar-refractivity contribution in [2.24, 2.45) is 0 Å². The highest BCUT2D eigenvalue weighted by atomic mass is 15.0. The van der Waals surface area contributed by atoms with Crippen LogP contribution >= 0.6 is 0 Å². The van der Waals surface area contributed by atoms with Crippen LogP contribution in [-0.2, 0) is 0 Å². The van der Waals surface area contributed by atoms with Crippen molar-refractivity contribution in [2.45, 2.75) is 0 Å². The lowest BCUT2D eigenvalue weighted by Crippen LogP contribution is -2.05. The van der Waals surface area contributed by atoms with E-state index < -0.39 is 0 Å². The Morgan fingerprint density at radius 3 is 1.04 bits per heavy atom. The molecule has 0 saturated heterocycles. The highest BCUT2D eigenvalue weighted by molar-refractivity contribution is 6.14. The maximum atomic E-state index is 11.9. The largest absolute Gasteiger partial charge is 0.308 e. The van der Waals surface area contributed by atoms with Crippen LogP contribution in [0.4, 0.5) is 0 Å². The molecule has 0 unspecified atom stereocenters. The van der Waals surface area contributed by atoms with E-state index in [0.717, 1.165) is 133 Å². The third kappa shape index (κ3) is 7.19. The normalized spacial score (nSPS) is 11.6. The van der Waals surface area contributed by atoms with Crippen LogP contribution in [0.3, 0.4) is 0 Å². The molecule has 4 heterocycles. The summed E-state index contributed by atoms with van der Waals surface area (Å²) in [6.07, 6.45) is 3.82. The minimum absolute atomic E-state index is 0.569. The van der Waals surface area contributed by atoms with Crippen molar-refractivity contribution in [2.75, 3.05) is 0 Å². The van der Waals surface area contributed by atoms with Crippen LogP contribution in [0.2, 0.25) is 0 Å². The van der Waals surface area contributed by atoms with Crippen LogP contribution < -0.4 is 0 Å². The smallest absolute Gasteiger partial charge is 0.104 e. The van der Waals surface area contributed by atoms with Crippen molar-refractivity contribution in [3.63, 3.8) is 0 Å². The zero-order valence-corrected chi connectivity index (χ0v) is 41.7. The Morgan fingerprint density at radius 2 is 0.623 bits per heavy atom. The van der Waals surface area contributed by atoms with Gasteiger partial charge in [-0.15, -0.1) is 0 Å². The molecule has 0 aliphatic heterocycles. The van der Waals surface area contributed by atoms with Gasteiger partial charge in [0.2, 0.25) is 0 Å². The molecule has 0 aliphatic rings. The number of aromatic nitrogens is 4. The predicted molar refractivity (Wildman–Crippen MR) is 319 cm³/mol. The molecule has 0 bridgehead atoms. The highest BCUT2D eigenvalue weighted by Gasteiger charge is 2.24. The molecule has 15 rings (SSSR count). The molecule has 0 amide bonds. The fourth-order valence-corrected chi connectivity index (χ4v) is 12.0. The van der Waals surface area contributed by atoms with E-state index in [2.05, 4.69) is 286 Å². The summed E-state index contributed by atoms with van der Waals surface area (Å²) in [5, 5.41) is 18.7. The summed E-state index contributed by atoms with van der Waals surface area (Å²) in [7, 11) is 0. The van der Waals surface area contributed by atoms with Crippen LogP contribution in [0.5, 0.6) is 0 Å². The van der Waals surface area contributed by atoms with Gasteiger partial charge in [0.1, 0.15) is 11.6 Å². The van der Waals surface area contributed by atoms with Gasteiger partial charge in [0.15, 0.2) is 0 Å². The van der Waals surface area contributed by atoms with Gasteiger partial charge in [-0.05, 0) is 141 Å². The molecule has 0 aliphatic carbocycles. The third-order valence-corrected chi connectivity index (χ3v) is 15.6. The summed E-state index contributed by atoms with van der Waals surface area (Å²) < 4.78 is 6.95. The van der Waals surface area contributed by atoms with Crippen molar-refractivity contribution in [3.05, 3.63) is 279 Å². The topological polar surface area (TPSA) is 51.5 Å². The van der Waals surface area contributed by atoms with E-state index in [-0.39, 0.29) is 0 Å². The summed E-state index contributed by atoms with van der Waals surface area (Å²) in [6.45, 7) is 0.